The summed E-state index contributed by atoms with van der Waals surface area (Å²) < 4.78 is 43.4. The van der Waals surface area contributed by atoms with Crippen LogP contribution in [0.3, 0.4) is 0 Å². The average molecular weight is 337 g/mol. The monoisotopic (exact) mass is 337 g/mol. The summed E-state index contributed by atoms with van der Waals surface area (Å²) >= 11 is 0.569. The predicted octanol–water partition coefficient (Wildman–Crippen LogP) is 2.31. The number of rotatable bonds is 3. The molecule has 2 heterocycles. The topological polar surface area (TPSA) is 58.5 Å². The maximum Gasteiger partial charge on any atom is 0.445 e. The molecule has 0 bridgehead atoms. The second kappa shape index (κ2) is 5.61. The predicted molar refractivity (Wildman–Crippen MR) is 74.8 cm³/mol. The summed E-state index contributed by atoms with van der Waals surface area (Å²) in [6.07, 6.45) is -2.75. The van der Waals surface area contributed by atoms with Gasteiger partial charge in [0, 0.05) is 31.5 Å². The van der Waals surface area contributed by atoms with Crippen LogP contribution in [0.1, 0.15) is 31.2 Å². The van der Waals surface area contributed by atoms with Crippen molar-refractivity contribution in [3.63, 3.8) is 0 Å². The smallest absolute Gasteiger partial charge is 0.392 e. The highest BCUT2D eigenvalue weighted by Gasteiger charge is 2.56. The fraction of sp³-hybridized carbons (Fsp3) is 0.846. The van der Waals surface area contributed by atoms with E-state index in [9.17, 15) is 18.3 Å². The Hall–Kier alpha value is -0.930. The van der Waals surface area contributed by atoms with E-state index < -0.39 is 11.2 Å². The minimum absolute atomic E-state index is 0.0507. The van der Waals surface area contributed by atoms with Crippen LogP contribution in [0.4, 0.5) is 18.3 Å². The summed E-state index contributed by atoms with van der Waals surface area (Å²) in [6.45, 7) is 3.65. The number of hydrogen-bond acceptors (Lipinski definition) is 6. The summed E-state index contributed by atoms with van der Waals surface area (Å²) in [7, 11) is 0. The van der Waals surface area contributed by atoms with Gasteiger partial charge in [-0.1, -0.05) is 11.3 Å². The molecule has 1 N–H and O–H groups in total. The van der Waals surface area contributed by atoms with E-state index in [-0.39, 0.29) is 17.6 Å². The lowest BCUT2D eigenvalue weighted by molar-refractivity contribution is -0.199. The third-order valence-electron chi connectivity index (χ3n) is 4.73. The first kappa shape index (κ1) is 15.9. The van der Waals surface area contributed by atoms with Gasteiger partial charge in [-0.15, -0.1) is 10.2 Å². The number of nitrogens with zero attached hydrogens (tertiary/aromatic N) is 3. The first-order chi connectivity index (χ1) is 10.4. The van der Waals surface area contributed by atoms with Crippen molar-refractivity contribution in [1.82, 2.24) is 10.2 Å². The lowest BCUT2D eigenvalue weighted by Gasteiger charge is -2.56. The molecule has 1 aliphatic carbocycles. The second-order valence-electron chi connectivity index (χ2n) is 5.80. The molecule has 1 aromatic heterocycles. The first-order valence-electron chi connectivity index (χ1n) is 7.32. The molecule has 2 fully saturated rings. The van der Waals surface area contributed by atoms with Crippen molar-refractivity contribution in [2.75, 3.05) is 24.6 Å². The van der Waals surface area contributed by atoms with Gasteiger partial charge in [-0.05, 0) is 19.8 Å². The lowest BCUT2D eigenvalue weighted by Crippen LogP contribution is -2.62. The van der Waals surface area contributed by atoms with Crippen molar-refractivity contribution in [3.8, 4) is 0 Å². The molecule has 1 saturated heterocycles. The van der Waals surface area contributed by atoms with Gasteiger partial charge in [0.1, 0.15) is 0 Å². The van der Waals surface area contributed by atoms with Gasteiger partial charge in [-0.25, -0.2) is 0 Å². The molecule has 0 aromatic carbocycles. The Kier molecular flexibility index (Phi) is 4.07. The van der Waals surface area contributed by atoms with Crippen LogP contribution in [-0.2, 0) is 10.9 Å². The van der Waals surface area contributed by atoms with Gasteiger partial charge < -0.3 is 14.7 Å². The van der Waals surface area contributed by atoms with E-state index in [1.165, 1.54) is 0 Å². The highest BCUT2D eigenvalue weighted by Crippen LogP contribution is 2.51. The lowest BCUT2D eigenvalue weighted by atomic mass is 9.58. The zero-order chi connectivity index (χ0) is 16.0. The van der Waals surface area contributed by atoms with E-state index in [4.69, 9.17) is 4.74 Å². The van der Waals surface area contributed by atoms with Crippen LogP contribution in [-0.4, -0.2) is 47.2 Å². The minimum atomic E-state index is -4.45. The van der Waals surface area contributed by atoms with Gasteiger partial charge >= 0.3 is 6.18 Å². The molecule has 124 valence electrons. The van der Waals surface area contributed by atoms with Crippen molar-refractivity contribution in [2.24, 2.45) is 5.41 Å². The van der Waals surface area contributed by atoms with Crippen molar-refractivity contribution >= 4 is 16.5 Å². The number of ether oxygens (including phenoxy) is 1. The van der Waals surface area contributed by atoms with Gasteiger partial charge in [0.15, 0.2) is 0 Å². The number of hydrogen-bond donors (Lipinski definition) is 1. The normalized spacial score (nSPS) is 28.0. The maximum atomic E-state index is 12.6. The number of alkyl halides is 3. The van der Waals surface area contributed by atoms with Crippen LogP contribution in [0.15, 0.2) is 0 Å². The van der Waals surface area contributed by atoms with Crippen molar-refractivity contribution in [2.45, 2.75) is 44.6 Å². The van der Waals surface area contributed by atoms with Crippen LogP contribution in [0.5, 0.6) is 0 Å². The van der Waals surface area contributed by atoms with Crippen LogP contribution in [0.2, 0.25) is 0 Å². The van der Waals surface area contributed by atoms with Crippen LogP contribution in [0, 0.1) is 5.41 Å². The van der Waals surface area contributed by atoms with Gasteiger partial charge in [0.2, 0.25) is 10.1 Å². The number of piperidine rings is 1. The van der Waals surface area contributed by atoms with Crippen LogP contribution >= 0.6 is 11.3 Å². The molecule has 0 radical (unpaired) electrons. The molecule has 1 aromatic rings. The molecule has 2 atom stereocenters. The van der Waals surface area contributed by atoms with E-state index in [1.807, 2.05) is 11.8 Å². The zero-order valence-corrected chi connectivity index (χ0v) is 13.0. The third kappa shape index (κ3) is 2.59. The van der Waals surface area contributed by atoms with Gasteiger partial charge in [-0.2, -0.15) is 13.2 Å². The van der Waals surface area contributed by atoms with Gasteiger partial charge in [-0.3, -0.25) is 0 Å². The highest BCUT2D eigenvalue weighted by atomic mass is 32.1. The molecule has 0 amide bonds. The first-order valence-corrected chi connectivity index (χ1v) is 8.14. The number of aromatic nitrogens is 2. The number of halogens is 3. The summed E-state index contributed by atoms with van der Waals surface area (Å²) in [5, 5.41) is 16.4. The molecule has 1 aliphatic heterocycles. The van der Waals surface area contributed by atoms with Crippen LogP contribution < -0.4 is 4.90 Å². The fourth-order valence-electron chi connectivity index (χ4n) is 3.39. The SMILES string of the molecule is CCO[C@H]1C[C@@H](O)C12CCN(c1nnc(C(F)(F)F)s1)CC2. The Bertz CT molecular complexity index is 527. The van der Waals surface area contributed by atoms with Crippen molar-refractivity contribution in [1.29, 1.82) is 0 Å². The van der Waals surface area contributed by atoms with Gasteiger partial charge in [0.25, 0.3) is 0 Å². The zero-order valence-electron chi connectivity index (χ0n) is 12.1. The summed E-state index contributed by atoms with van der Waals surface area (Å²) in [5.74, 6) is 0. The Morgan fingerprint density at radius 1 is 1.36 bits per heavy atom. The second-order valence-corrected chi connectivity index (χ2v) is 6.76. The quantitative estimate of drug-likeness (QED) is 0.917. The molecule has 1 spiro atoms. The van der Waals surface area contributed by atoms with E-state index >= 15 is 0 Å². The number of aliphatic hydroxyl groups excluding tert-OH is 1. The molecule has 2 aliphatic rings. The van der Waals surface area contributed by atoms with Crippen molar-refractivity contribution in [3.05, 3.63) is 5.01 Å². The Labute approximate surface area is 130 Å². The maximum absolute atomic E-state index is 12.6. The van der Waals surface area contributed by atoms with Gasteiger partial charge in [0.05, 0.1) is 12.2 Å². The highest BCUT2D eigenvalue weighted by molar-refractivity contribution is 7.15. The Balaban J connectivity index is 1.65. The standard InChI is InChI=1S/C13H18F3N3O2S/c1-2-21-9-7-8(20)12(9)3-5-19(6-4-12)11-18-17-10(22-11)13(14,15)16/h8-9,20H,2-7H2,1H3/t8-,9+/m1/s1. The molecule has 9 heteroatoms. The minimum Gasteiger partial charge on any atom is -0.392 e. The Morgan fingerprint density at radius 3 is 2.55 bits per heavy atom. The summed E-state index contributed by atoms with van der Waals surface area (Å²) in [4.78, 5) is 1.81. The van der Waals surface area contributed by atoms with E-state index in [1.54, 1.807) is 0 Å². The molecule has 0 unspecified atom stereocenters. The number of anilines is 1. The molecule has 22 heavy (non-hydrogen) atoms. The summed E-state index contributed by atoms with van der Waals surface area (Å²) in [6, 6.07) is 0. The van der Waals surface area contributed by atoms with E-state index in [0.29, 0.717) is 55.4 Å². The van der Waals surface area contributed by atoms with E-state index in [2.05, 4.69) is 10.2 Å². The largest absolute Gasteiger partial charge is 0.445 e. The summed E-state index contributed by atoms with van der Waals surface area (Å²) in [5.41, 5.74) is -0.246. The fourth-order valence-corrected chi connectivity index (χ4v) is 4.15. The van der Waals surface area contributed by atoms with Crippen molar-refractivity contribution < 1.29 is 23.0 Å². The molecule has 1 saturated carbocycles. The molecule has 5 nitrogen and oxygen atoms in total. The molecule has 3 rings (SSSR count). The molecular weight excluding hydrogens is 319 g/mol. The molecular formula is C13H18F3N3O2S. The van der Waals surface area contributed by atoms with E-state index in [0.717, 1.165) is 0 Å². The van der Waals surface area contributed by atoms with Crippen LogP contribution in [0.25, 0.3) is 0 Å². The number of aliphatic hydroxyl groups is 1. The average Bonchev–Trinajstić information content (AvgIpc) is 2.97. The Morgan fingerprint density at radius 2 is 2.05 bits per heavy atom. The third-order valence-corrected chi connectivity index (χ3v) is 5.76.